The van der Waals surface area contributed by atoms with Crippen molar-refractivity contribution < 1.29 is 23.9 Å². The molecular weight excluding hydrogens is 552 g/mol. The summed E-state index contributed by atoms with van der Waals surface area (Å²) >= 11 is 1.39. The van der Waals surface area contributed by atoms with Crippen LogP contribution < -0.4 is 15.0 Å². The van der Waals surface area contributed by atoms with E-state index in [1.54, 1.807) is 55.6 Å². The number of carbonyl (C=O) groups is 4. The van der Waals surface area contributed by atoms with Crippen LogP contribution in [0.5, 0.6) is 5.75 Å². The van der Waals surface area contributed by atoms with Gasteiger partial charge in [0.05, 0.1) is 30.6 Å². The smallest absolute Gasteiger partial charge is 0.299 e. The van der Waals surface area contributed by atoms with Crippen molar-refractivity contribution in [3.63, 3.8) is 0 Å². The van der Waals surface area contributed by atoms with Crippen molar-refractivity contribution in [1.82, 2.24) is 9.88 Å². The Balaban J connectivity index is 1.46. The van der Waals surface area contributed by atoms with Crippen LogP contribution in [-0.2, 0) is 20.9 Å². The second-order valence-corrected chi connectivity index (χ2v) is 11.1. The lowest BCUT2D eigenvalue weighted by molar-refractivity contribution is -0.140. The van der Waals surface area contributed by atoms with Crippen LogP contribution in [0, 0.1) is 5.92 Å². The molecule has 0 fully saturated rings. The number of rotatable bonds is 10. The molecular formula is C32H30N4O5S. The molecule has 9 nitrogen and oxygen atoms in total. The van der Waals surface area contributed by atoms with E-state index < -0.39 is 30.2 Å². The second kappa shape index (κ2) is 12.4. The van der Waals surface area contributed by atoms with Crippen molar-refractivity contribution in [3.8, 4) is 17.0 Å². The molecule has 0 aliphatic carbocycles. The van der Waals surface area contributed by atoms with Gasteiger partial charge in [0.1, 0.15) is 23.3 Å². The first kappa shape index (κ1) is 28.7. The van der Waals surface area contributed by atoms with Crippen LogP contribution in [0.25, 0.3) is 11.3 Å². The molecule has 1 aliphatic heterocycles. The quantitative estimate of drug-likeness (QED) is 0.263. The first-order valence-corrected chi connectivity index (χ1v) is 14.3. The second-order valence-electron chi connectivity index (χ2n) is 10.2. The highest BCUT2D eigenvalue weighted by molar-refractivity contribution is 7.09. The van der Waals surface area contributed by atoms with E-state index in [1.165, 1.54) is 21.1 Å². The predicted octanol–water partition coefficient (Wildman–Crippen LogP) is 5.04. The minimum absolute atomic E-state index is 0.0484. The topological polar surface area (TPSA) is 109 Å². The molecule has 3 aromatic carbocycles. The summed E-state index contributed by atoms with van der Waals surface area (Å²) in [5.41, 5.74) is 2.89. The third-order valence-electron chi connectivity index (χ3n) is 7.01. The molecule has 0 saturated heterocycles. The molecule has 214 valence electrons. The van der Waals surface area contributed by atoms with E-state index in [4.69, 9.17) is 9.72 Å². The van der Waals surface area contributed by atoms with Crippen LogP contribution in [0.2, 0.25) is 0 Å². The molecule has 0 radical (unpaired) electrons. The number of para-hydroxylation sites is 1. The number of amides is 3. The predicted molar refractivity (Wildman–Crippen MR) is 161 cm³/mol. The number of nitrogens with zero attached hydrogens (tertiary/aromatic N) is 3. The van der Waals surface area contributed by atoms with Gasteiger partial charge in [-0.3, -0.25) is 24.1 Å². The van der Waals surface area contributed by atoms with Crippen LogP contribution >= 0.6 is 11.3 Å². The molecule has 0 unspecified atom stereocenters. The number of ketones is 1. The van der Waals surface area contributed by atoms with Crippen molar-refractivity contribution in [2.75, 3.05) is 23.9 Å². The normalized spacial score (nSPS) is 13.2. The molecule has 10 heteroatoms. The number of Topliss-reactive ketones (excluding diaryl/α,β-unsaturated/α-hetero) is 1. The van der Waals surface area contributed by atoms with Gasteiger partial charge in [-0.05, 0) is 42.3 Å². The first-order chi connectivity index (χ1) is 20.3. The average Bonchev–Trinajstić information content (AvgIpc) is 3.56. The van der Waals surface area contributed by atoms with E-state index in [0.717, 1.165) is 11.3 Å². The number of aromatic nitrogens is 1. The lowest BCUT2D eigenvalue weighted by Gasteiger charge is -2.34. The number of ether oxygens (including phenoxy) is 1. The van der Waals surface area contributed by atoms with Gasteiger partial charge in [-0.25, -0.2) is 4.98 Å². The van der Waals surface area contributed by atoms with Crippen molar-refractivity contribution in [3.05, 3.63) is 94.8 Å². The fourth-order valence-corrected chi connectivity index (χ4v) is 5.74. The minimum Gasteiger partial charge on any atom is -0.497 e. The van der Waals surface area contributed by atoms with Crippen LogP contribution in [0.3, 0.4) is 0 Å². The maximum Gasteiger partial charge on any atom is 0.299 e. The third-order valence-corrected chi connectivity index (χ3v) is 7.85. The minimum atomic E-state index is -0.896. The first-order valence-electron chi connectivity index (χ1n) is 13.5. The number of anilines is 2. The van der Waals surface area contributed by atoms with E-state index >= 15 is 0 Å². The molecule has 5 rings (SSSR count). The summed E-state index contributed by atoms with van der Waals surface area (Å²) in [6.07, 6.45) is 0. The summed E-state index contributed by atoms with van der Waals surface area (Å²) in [4.78, 5) is 60.6. The van der Waals surface area contributed by atoms with E-state index in [-0.39, 0.29) is 23.9 Å². The van der Waals surface area contributed by atoms with Crippen molar-refractivity contribution in [2.24, 2.45) is 5.92 Å². The number of fused-ring (bicyclic) bond motifs is 1. The van der Waals surface area contributed by atoms with Crippen LogP contribution in [0.1, 0.15) is 29.2 Å². The molecule has 2 heterocycles. The Morgan fingerprint density at radius 2 is 1.67 bits per heavy atom. The van der Waals surface area contributed by atoms with E-state index in [2.05, 4.69) is 5.32 Å². The Hall–Kier alpha value is -4.83. The molecule has 3 amide bonds. The van der Waals surface area contributed by atoms with Gasteiger partial charge in [0, 0.05) is 16.6 Å². The zero-order valence-corrected chi connectivity index (χ0v) is 24.3. The zero-order valence-electron chi connectivity index (χ0n) is 23.4. The number of carbonyl (C=O) groups excluding carboxylic acids is 4. The number of hydrogen-bond donors (Lipinski definition) is 1. The Kier molecular flexibility index (Phi) is 8.44. The summed E-state index contributed by atoms with van der Waals surface area (Å²) in [6.45, 7) is 3.37. The van der Waals surface area contributed by atoms with Crippen molar-refractivity contribution >= 4 is 46.2 Å². The van der Waals surface area contributed by atoms with E-state index in [0.29, 0.717) is 22.1 Å². The molecule has 0 saturated carbocycles. The van der Waals surface area contributed by atoms with Gasteiger partial charge >= 0.3 is 0 Å². The molecule has 1 aliphatic rings. The number of thiazole rings is 1. The Bertz CT molecular complexity index is 1620. The van der Waals surface area contributed by atoms with Gasteiger partial charge < -0.3 is 15.0 Å². The molecule has 1 aromatic heterocycles. The highest BCUT2D eigenvalue weighted by Crippen LogP contribution is 2.30. The maximum absolute atomic E-state index is 14.0. The summed E-state index contributed by atoms with van der Waals surface area (Å²) < 4.78 is 5.21. The van der Waals surface area contributed by atoms with Crippen molar-refractivity contribution in [2.45, 2.75) is 26.4 Å². The molecule has 1 atom stereocenters. The third kappa shape index (κ3) is 5.94. The standard InChI is InChI=1S/C32H30N4O5S/c1-20(2)29(31(39)33-22-13-15-23(41-3)16-14-22)36(17-27-34-25(19-42-27)21-9-5-4-6-10-21)28(37)18-35-26-12-8-7-11-24(26)30(38)32(35)40/h4-16,19-20,29H,17-18H2,1-3H3,(H,33,39)/t29-/m1/s1. The Labute approximate surface area is 247 Å². The van der Waals surface area contributed by atoms with Crippen LogP contribution in [0.15, 0.2) is 84.2 Å². The van der Waals surface area contributed by atoms with Gasteiger partial charge in [0.15, 0.2) is 0 Å². The van der Waals surface area contributed by atoms with Crippen LogP contribution in [0.4, 0.5) is 11.4 Å². The Morgan fingerprint density at radius 1 is 0.976 bits per heavy atom. The number of methoxy groups -OCH3 is 1. The SMILES string of the molecule is COc1ccc(NC(=O)[C@@H](C(C)C)N(Cc2nc(-c3ccccc3)cs2)C(=O)CN2C(=O)C(=O)c3ccccc32)cc1. The maximum atomic E-state index is 14.0. The van der Waals surface area contributed by atoms with Gasteiger partial charge in [-0.2, -0.15) is 0 Å². The molecule has 42 heavy (non-hydrogen) atoms. The van der Waals surface area contributed by atoms with Gasteiger partial charge in [-0.15, -0.1) is 11.3 Å². The number of nitrogens with one attached hydrogen (secondary N) is 1. The number of hydrogen-bond acceptors (Lipinski definition) is 7. The summed E-state index contributed by atoms with van der Waals surface area (Å²) in [5, 5.41) is 5.46. The fraction of sp³-hybridized carbons (Fsp3) is 0.219. The lowest BCUT2D eigenvalue weighted by Crippen LogP contribution is -2.53. The number of benzene rings is 3. The van der Waals surface area contributed by atoms with Crippen molar-refractivity contribution in [1.29, 1.82) is 0 Å². The van der Waals surface area contributed by atoms with Gasteiger partial charge in [0.25, 0.3) is 11.7 Å². The largest absolute Gasteiger partial charge is 0.497 e. The summed E-state index contributed by atoms with van der Waals surface area (Å²) in [7, 11) is 1.56. The zero-order chi connectivity index (χ0) is 29.8. The van der Waals surface area contributed by atoms with E-state index in [9.17, 15) is 19.2 Å². The van der Waals surface area contributed by atoms with Gasteiger partial charge in [-0.1, -0.05) is 56.3 Å². The molecule has 4 aromatic rings. The molecule has 0 bridgehead atoms. The highest BCUT2D eigenvalue weighted by Gasteiger charge is 2.40. The van der Waals surface area contributed by atoms with Gasteiger partial charge in [0.2, 0.25) is 11.8 Å². The van der Waals surface area contributed by atoms with E-state index in [1.807, 2.05) is 49.6 Å². The average molecular weight is 583 g/mol. The molecule has 1 N–H and O–H groups in total. The monoisotopic (exact) mass is 582 g/mol. The summed E-state index contributed by atoms with van der Waals surface area (Å²) in [6, 6.07) is 22.3. The highest BCUT2D eigenvalue weighted by atomic mass is 32.1. The fourth-order valence-electron chi connectivity index (χ4n) is 4.94. The Morgan fingerprint density at radius 3 is 2.36 bits per heavy atom. The molecule has 0 spiro atoms. The lowest BCUT2D eigenvalue weighted by atomic mass is 10.0. The van der Waals surface area contributed by atoms with Crippen LogP contribution in [-0.4, -0.2) is 53.1 Å². The summed E-state index contributed by atoms with van der Waals surface area (Å²) in [5.74, 6) is -1.93.